The Morgan fingerprint density at radius 3 is 1.07 bits per heavy atom. The third-order valence-electron chi connectivity index (χ3n) is 17.9. The van der Waals surface area contributed by atoms with Crippen molar-refractivity contribution in [2.75, 3.05) is 26.4 Å². The maximum absolute atomic E-state index is 10.9. The van der Waals surface area contributed by atoms with Crippen LogP contribution in [0.25, 0.3) is 44.5 Å². The van der Waals surface area contributed by atoms with Crippen molar-refractivity contribution < 1.29 is 38.0 Å². The van der Waals surface area contributed by atoms with Gasteiger partial charge >= 0.3 is 0 Å². The molecule has 0 radical (unpaired) electrons. The van der Waals surface area contributed by atoms with Gasteiger partial charge in [0.25, 0.3) is 22.7 Å². The lowest BCUT2D eigenvalue weighted by Gasteiger charge is -2.42. The van der Waals surface area contributed by atoms with E-state index in [1.54, 1.807) is 0 Å². The molecular formula is C83H98BrN5O12Si2. The number of benzene rings is 7. The summed E-state index contributed by atoms with van der Waals surface area (Å²) in [7, 11) is -3.54. The van der Waals surface area contributed by atoms with Crippen molar-refractivity contribution in [2.24, 2.45) is 4.99 Å². The van der Waals surface area contributed by atoms with Crippen molar-refractivity contribution in [3.05, 3.63) is 233 Å². The molecule has 12 bridgehead atoms. The molecule has 542 valence electrons. The molecule has 103 heavy (non-hydrogen) atoms. The first-order valence-electron chi connectivity index (χ1n) is 33.8. The molecule has 0 amide bonds. The Kier molecular flexibility index (Phi) is 35.2. The molecule has 9 aliphatic heterocycles. The summed E-state index contributed by atoms with van der Waals surface area (Å²) in [5.41, 5.74) is 16.1. The van der Waals surface area contributed by atoms with E-state index in [2.05, 4.69) is 273 Å². The summed E-state index contributed by atoms with van der Waals surface area (Å²) >= 11 is 2.88. The Balaban J connectivity index is 0.000000307. The van der Waals surface area contributed by atoms with Gasteiger partial charge < -0.3 is 18.3 Å². The second-order valence-corrected chi connectivity index (χ2v) is 37.6. The number of nitrogens with zero attached hydrogens (tertiary/aromatic N) is 5. The quantitative estimate of drug-likeness (QED) is 0.0203. The first-order chi connectivity index (χ1) is 48.2. The van der Waals surface area contributed by atoms with E-state index in [0.29, 0.717) is 57.4 Å². The van der Waals surface area contributed by atoms with Crippen LogP contribution in [-0.4, -0.2) is 68.5 Å². The van der Waals surface area contributed by atoms with Gasteiger partial charge in [-0.3, -0.25) is 45.4 Å². The number of halogens is 1. The van der Waals surface area contributed by atoms with Gasteiger partial charge in [0.05, 0.1) is 56.8 Å². The second-order valence-electron chi connectivity index (χ2n) is 26.2. The van der Waals surface area contributed by atoms with Gasteiger partial charge in [-0.05, 0) is 129 Å². The van der Waals surface area contributed by atoms with Crippen molar-refractivity contribution in [1.29, 1.82) is 0 Å². The summed E-state index contributed by atoms with van der Waals surface area (Å²) in [5.74, 6) is 16.4. The largest absolute Gasteiger partial charge is 0.415 e. The van der Waals surface area contributed by atoms with Crippen LogP contribution in [0, 0.1) is 87.2 Å². The topological polar surface area (TPSA) is 222 Å². The third-order valence-corrected chi connectivity index (χ3v) is 30.5. The average Bonchev–Trinajstić information content (AvgIpc) is 1.45. The number of hydrogen-bond donors (Lipinski definition) is 0. The van der Waals surface area contributed by atoms with Crippen LogP contribution in [0.2, 0.25) is 33.2 Å². The predicted octanol–water partition coefficient (Wildman–Crippen LogP) is 22.6. The molecule has 0 aliphatic carbocycles. The first kappa shape index (κ1) is 86.0. The molecule has 7 aromatic carbocycles. The third kappa shape index (κ3) is 24.3. The minimum Gasteiger partial charge on any atom is -0.415 e. The molecule has 1 atom stereocenters. The number of rotatable bonds is 22. The monoisotopic (exact) mass is 1490 g/mol. The van der Waals surface area contributed by atoms with Gasteiger partial charge in [-0.1, -0.05) is 243 Å². The van der Waals surface area contributed by atoms with Crippen LogP contribution < -0.4 is 0 Å². The number of allylic oxidation sites excluding steroid dienone is 1. The Morgan fingerprint density at radius 1 is 0.456 bits per heavy atom. The highest BCUT2D eigenvalue weighted by molar-refractivity contribution is 9.12. The van der Waals surface area contributed by atoms with Gasteiger partial charge in [-0.15, -0.1) is 12.3 Å². The molecule has 0 fully saturated rings. The Bertz CT molecular complexity index is 4140. The van der Waals surface area contributed by atoms with E-state index < -0.39 is 36.3 Å². The van der Waals surface area contributed by atoms with E-state index in [-0.39, 0.29) is 70.1 Å². The van der Waals surface area contributed by atoms with E-state index in [9.17, 15) is 40.5 Å². The Hall–Kier alpha value is -9.46. The van der Waals surface area contributed by atoms with Crippen LogP contribution in [0.3, 0.4) is 0 Å². The van der Waals surface area contributed by atoms with Crippen LogP contribution >= 0.6 is 15.9 Å². The second kappa shape index (κ2) is 42.2. The van der Waals surface area contributed by atoms with Gasteiger partial charge in [0.1, 0.15) is 13.2 Å². The predicted molar refractivity (Wildman–Crippen MR) is 428 cm³/mol. The van der Waals surface area contributed by atoms with Gasteiger partial charge in [0.15, 0.2) is 16.6 Å². The fraction of sp³-hybridized carbons (Fsp3) is 0.361. The highest BCUT2D eigenvalue weighted by Gasteiger charge is 2.46. The van der Waals surface area contributed by atoms with E-state index in [4.69, 9.17) is 29.7 Å². The van der Waals surface area contributed by atoms with E-state index in [0.717, 1.165) is 42.9 Å². The number of dihydropyridines is 1. The lowest BCUT2D eigenvalue weighted by Crippen LogP contribution is -2.47. The molecule has 0 aromatic heterocycles. The number of non-ortho nitro benzene ring substituents is 4. The van der Waals surface area contributed by atoms with Crippen LogP contribution in [0.5, 0.6) is 0 Å². The number of nitro benzene ring substituents is 4. The SMILES string of the molecule is C.C.C#CCCO[Si](C(C)C)(C(C)C)C(C)C.C1=CC2=N[C@H](C1)c1ccc(cc1)-c1ccc(cc1)-c1ccc(cc1)-c1ccc(cc1)-c1ccc2cc1.CC(C)[Si](OCCC#CC#CCOCc1cc([N+](=O)[O-])cc([N+](=O)[O-])c1)(C(C)C)C(C)C.O=[N+]([O-])c1cc(COCC#CBr)cc([N+](=O)[O-])c1. The van der Waals surface area contributed by atoms with Crippen molar-refractivity contribution in [1.82, 2.24) is 0 Å². The van der Waals surface area contributed by atoms with Crippen molar-refractivity contribution >= 4 is 61.0 Å². The summed E-state index contributed by atoms with van der Waals surface area (Å²) < 4.78 is 23.1. The van der Waals surface area contributed by atoms with Crippen LogP contribution in [0.4, 0.5) is 22.7 Å². The lowest BCUT2D eigenvalue weighted by atomic mass is 9.95. The number of nitro groups is 4. The molecule has 9 heterocycles. The maximum atomic E-state index is 10.9. The maximum Gasteiger partial charge on any atom is 0.276 e. The normalized spacial score (nSPS) is 12.3. The Morgan fingerprint density at radius 2 is 0.757 bits per heavy atom. The van der Waals surface area contributed by atoms with Gasteiger partial charge in [-0.25, -0.2) is 0 Å². The van der Waals surface area contributed by atoms with Crippen molar-refractivity contribution in [2.45, 2.75) is 170 Å². The standard InChI is InChI=1S/C35H25N.C23H32N2O6Si.C13H26OSi.C10H7BrN2O5.2CH4/c1-2-34-32-20-16-30(17-21-32)28-12-8-26(9-13-28)24-4-6-25(7-5-24)27-10-14-29(15-11-27)31-18-22-33(23-19-31)35(3-1)36-34;1-18(2)32(19(3)4,20(5)6)31-13-11-9-7-8-10-12-30-17-21-14-22(24(26)27)16-23(15-21)25(28)29;1-8-9-10-14-15(11(2)3,12(4)5)13(6)7;11-2-1-3-18-7-8-4-9(12(14)15)6-10(5-8)13(16)17;;/h1-2,4-23,35H,3H2;14-16,18-20H,11-13,17H2,1-6H3;1,11-13H,9-10H2,2-7H3;4-6H,3,7H2;2*1H4/t35-;;;;;/m1...../s1. The summed E-state index contributed by atoms with van der Waals surface area (Å²) in [5, 5.41) is 43.0. The molecule has 0 N–H and O–H groups in total. The highest BCUT2D eigenvalue weighted by Crippen LogP contribution is 2.44. The molecular weight excluding hydrogens is 1400 g/mol. The summed E-state index contributed by atoms with van der Waals surface area (Å²) in [6.45, 7) is 28.7. The average molecular weight is 1490 g/mol. The number of hydrogen-bond acceptors (Lipinski definition) is 13. The lowest BCUT2D eigenvalue weighted by molar-refractivity contribution is -0.394. The highest BCUT2D eigenvalue weighted by atomic mass is 79.9. The van der Waals surface area contributed by atoms with Crippen LogP contribution in [0.1, 0.15) is 145 Å². The molecule has 9 aliphatic rings. The summed E-state index contributed by atoms with van der Waals surface area (Å²) in [6, 6.07) is 51.2. The van der Waals surface area contributed by atoms with Crippen LogP contribution in [0.15, 0.2) is 175 Å². The number of ether oxygens (including phenoxy) is 2. The van der Waals surface area contributed by atoms with Gasteiger partial charge in [0.2, 0.25) is 0 Å². The summed E-state index contributed by atoms with van der Waals surface area (Å²) in [4.78, 5) is 47.9. The molecule has 0 spiro atoms. The fourth-order valence-electron chi connectivity index (χ4n) is 13.4. The minimum atomic E-state index is -1.88. The molecule has 17 nitrogen and oxygen atoms in total. The van der Waals surface area contributed by atoms with E-state index in [1.807, 2.05) is 0 Å². The van der Waals surface area contributed by atoms with Crippen LogP contribution in [-0.2, 0) is 31.5 Å². The zero-order chi connectivity index (χ0) is 73.8. The number of terminal acetylenes is 1. The fourth-order valence-corrected chi connectivity index (χ4v) is 24.4. The molecule has 0 saturated carbocycles. The van der Waals surface area contributed by atoms with Gasteiger partial charge in [0, 0.05) is 66.3 Å². The first-order valence-corrected chi connectivity index (χ1v) is 38.9. The summed E-state index contributed by atoms with van der Waals surface area (Å²) in [6.07, 6.45) is 11.9. The zero-order valence-electron chi connectivity index (χ0n) is 59.7. The zero-order valence-corrected chi connectivity index (χ0v) is 63.2. The molecule has 0 unspecified atom stereocenters. The Labute approximate surface area is 620 Å². The molecule has 20 heteroatoms. The van der Waals surface area contributed by atoms with E-state index in [1.165, 1.54) is 74.3 Å². The molecule has 7 aromatic rings. The minimum absolute atomic E-state index is 0. The number of fused-ring (bicyclic) bond motifs is 1. The van der Waals surface area contributed by atoms with Crippen molar-refractivity contribution in [3.8, 4) is 91.3 Å². The van der Waals surface area contributed by atoms with E-state index >= 15 is 0 Å². The smallest absolute Gasteiger partial charge is 0.276 e. The molecule has 0 saturated heterocycles. The van der Waals surface area contributed by atoms with Gasteiger partial charge in [-0.2, -0.15) is 0 Å². The van der Waals surface area contributed by atoms with Crippen molar-refractivity contribution in [3.63, 3.8) is 0 Å². The molecule has 16 rings (SSSR count). The number of aliphatic imine (C=N–C) groups is 1.